The monoisotopic (exact) mass is 320 g/mol. The molecule has 0 aliphatic heterocycles. The van der Waals surface area contributed by atoms with Crippen molar-refractivity contribution >= 4 is 17.3 Å². The van der Waals surface area contributed by atoms with Crippen LogP contribution in [0, 0.1) is 6.92 Å². The second-order valence-electron chi connectivity index (χ2n) is 5.77. The quantitative estimate of drug-likeness (QED) is 0.350. The summed E-state index contributed by atoms with van der Waals surface area (Å²) >= 11 is 1.75. The third-order valence-electron chi connectivity index (χ3n) is 3.87. The summed E-state index contributed by atoms with van der Waals surface area (Å²) < 4.78 is 0. The van der Waals surface area contributed by atoms with Gasteiger partial charge in [0, 0.05) is 37.6 Å². The molecule has 0 radical (unpaired) electrons. The van der Waals surface area contributed by atoms with E-state index in [1.54, 1.807) is 16.9 Å². The van der Waals surface area contributed by atoms with E-state index in [-0.39, 0.29) is 0 Å². The van der Waals surface area contributed by atoms with Gasteiger partial charge >= 0.3 is 0 Å². The van der Waals surface area contributed by atoms with Gasteiger partial charge in [0.2, 0.25) is 0 Å². The van der Waals surface area contributed by atoms with E-state index in [0.29, 0.717) is 0 Å². The highest BCUT2D eigenvalue weighted by Gasteiger charge is 2.04. The van der Waals surface area contributed by atoms with Gasteiger partial charge in [0.25, 0.3) is 0 Å². The third-order valence-corrected chi connectivity index (χ3v) is 4.90. The Balaban J connectivity index is 1.57. The Bertz CT molecular complexity index is 505. The van der Waals surface area contributed by atoms with Gasteiger partial charge in [0.15, 0.2) is 5.96 Å². The van der Waals surface area contributed by atoms with Gasteiger partial charge in [0.1, 0.15) is 0 Å². The van der Waals surface area contributed by atoms with Crippen molar-refractivity contribution in [3.8, 4) is 0 Å². The van der Waals surface area contributed by atoms with E-state index in [4.69, 9.17) is 0 Å². The van der Waals surface area contributed by atoms with E-state index in [1.807, 2.05) is 14.0 Å². The molecule has 2 N–H and O–H groups in total. The highest BCUT2D eigenvalue weighted by molar-refractivity contribution is 7.09. The van der Waals surface area contributed by atoms with Crippen molar-refractivity contribution < 1.29 is 0 Å². The van der Waals surface area contributed by atoms with Gasteiger partial charge in [-0.2, -0.15) is 0 Å². The van der Waals surface area contributed by atoms with Crippen molar-refractivity contribution in [2.45, 2.75) is 51.9 Å². The smallest absolute Gasteiger partial charge is 0.190 e. The average Bonchev–Trinajstić information content (AvgIpc) is 2.96. The lowest BCUT2D eigenvalue weighted by atomic mass is 9.97. The van der Waals surface area contributed by atoms with Gasteiger partial charge in [-0.25, -0.2) is 4.98 Å². The van der Waals surface area contributed by atoms with Gasteiger partial charge in [-0.15, -0.1) is 11.3 Å². The van der Waals surface area contributed by atoms with Gasteiger partial charge in [-0.05, 0) is 45.4 Å². The van der Waals surface area contributed by atoms with Crippen LogP contribution in [0.3, 0.4) is 0 Å². The Hall–Kier alpha value is -1.36. The Morgan fingerprint density at radius 1 is 1.27 bits per heavy atom. The molecule has 0 bridgehead atoms. The summed E-state index contributed by atoms with van der Waals surface area (Å²) in [5, 5.41) is 10.1. The number of hydrogen-bond acceptors (Lipinski definition) is 3. The Morgan fingerprint density at radius 2 is 2.14 bits per heavy atom. The van der Waals surface area contributed by atoms with Gasteiger partial charge in [-0.3, -0.25) is 4.99 Å². The number of aliphatic imine (C=N–C) groups is 1. The summed E-state index contributed by atoms with van der Waals surface area (Å²) in [5.41, 5.74) is 2.73. The number of aromatic nitrogens is 1. The predicted octanol–water partition coefficient (Wildman–Crippen LogP) is 3.44. The van der Waals surface area contributed by atoms with Crippen molar-refractivity contribution in [2.75, 3.05) is 20.1 Å². The van der Waals surface area contributed by atoms with Crippen LogP contribution in [0.15, 0.2) is 22.0 Å². The minimum atomic E-state index is 0.909. The number of nitrogens with one attached hydrogen (secondary N) is 2. The van der Waals surface area contributed by atoms with Crippen molar-refractivity contribution in [2.24, 2.45) is 4.99 Å². The molecule has 5 heteroatoms. The topological polar surface area (TPSA) is 49.3 Å². The fourth-order valence-electron chi connectivity index (χ4n) is 2.66. The van der Waals surface area contributed by atoms with Crippen molar-refractivity contribution in [3.05, 3.63) is 27.7 Å². The summed E-state index contributed by atoms with van der Waals surface area (Å²) in [6.07, 6.45) is 10.9. The maximum Gasteiger partial charge on any atom is 0.190 e. The zero-order valence-electron chi connectivity index (χ0n) is 13.8. The van der Waals surface area contributed by atoms with E-state index in [9.17, 15) is 0 Å². The van der Waals surface area contributed by atoms with E-state index in [2.05, 4.69) is 32.1 Å². The normalized spacial score (nSPS) is 15.5. The lowest BCUT2D eigenvalue weighted by Crippen LogP contribution is -2.38. The molecule has 0 spiro atoms. The van der Waals surface area contributed by atoms with E-state index in [0.717, 1.165) is 44.0 Å². The fourth-order valence-corrected chi connectivity index (χ4v) is 3.48. The fraction of sp³-hybridized carbons (Fsp3) is 0.647. The second-order valence-corrected chi connectivity index (χ2v) is 6.71. The van der Waals surface area contributed by atoms with Crippen LogP contribution in [0.1, 0.15) is 49.2 Å². The van der Waals surface area contributed by atoms with Crippen molar-refractivity contribution in [1.82, 2.24) is 15.6 Å². The largest absolute Gasteiger partial charge is 0.356 e. The molecule has 1 aliphatic rings. The Labute approximate surface area is 138 Å². The summed E-state index contributed by atoms with van der Waals surface area (Å²) in [6.45, 7) is 3.95. The number of allylic oxidation sites excluding steroid dienone is 1. The van der Waals surface area contributed by atoms with E-state index < -0.39 is 0 Å². The Morgan fingerprint density at radius 3 is 2.82 bits per heavy atom. The van der Waals surface area contributed by atoms with Crippen molar-refractivity contribution in [3.63, 3.8) is 0 Å². The molecular formula is C17H28N4S. The molecule has 0 saturated heterocycles. The Kier molecular flexibility index (Phi) is 7.43. The summed E-state index contributed by atoms with van der Waals surface area (Å²) in [4.78, 5) is 8.77. The molecule has 0 unspecified atom stereocenters. The second kappa shape index (κ2) is 9.62. The highest BCUT2D eigenvalue weighted by Crippen LogP contribution is 2.19. The third kappa shape index (κ3) is 6.18. The number of hydrogen-bond donors (Lipinski definition) is 2. The van der Waals surface area contributed by atoms with Crippen LogP contribution in [0.5, 0.6) is 0 Å². The van der Waals surface area contributed by atoms with Crippen LogP contribution in [0.25, 0.3) is 0 Å². The molecule has 0 amide bonds. The van der Waals surface area contributed by atoms with Crippen LogP contribution < -0.4 is 10.6 Å². The van der Waals surface area contributed by atoms with E-state index in [1.165, 1.54) is 30.7 Å². The molecule has 2 rings (SSSR count). The van der Waals surface area contributed by atoms with Crippen LogP contribution >= 0.6 is 11.3 Å². The van der Waals surface area contributed by atoms with Gasteiger partial charge < -0.3 is 10.6 Å². The molecule has 0 fully saturated rings. The lowest BCUT2D eigenvalue weighted by molar-refractivity contribution is 0.663. The number of aryl methyl sites for hydroxylation is 2. The molecule has 1 aromatic rings. The zero-order chi connectivity index (χ0) is 15.6. The molecule has 4 nitrogen and oxygen atoms in total. The first-order chi connectivity index (χ1) is 10.8. The van der Waals surface area contributed by atoms with E-state index >= 15 is 0 Å². The maximum atomic E-state index is 4.49. The first-order valence-corrected chi connectivity index (χ1v) is 9.19. The maximum absolute atomic E-state index is 4.49. The molecular weight excluding hydrogens is 292 g/mol. The molecule has 1 heterocycles. The summed E-state index contributed by atoms with van der Waals surface area (Å²) in [5.74, 6) is 0.909. The molecule has 1 aromatic heterocycles. The van der Waals surface area contributed by atoms with Crippen LogP contribution in [0.4, 0.5) is 0 Å². The summed E-state index contributed by atoms with van der Waals surface area (Å²) in [6, 6.07) is 0. The zero-order valence-corrected chi connectivity index (χ0v) is 14.6. The first kappa shape index (κ1) is 17.0. The lowest BCUT2D eigenvalue weighted by Gasteiger charge is -2.15. The van der Waals surface area contributed by atoms with Crippen LogP contribution in [-0.4, -0.2) is 31.1 Å². The average molecular weight is 321 g/mol. The number of nitrogens with zero attached hydrogens (tertiary/aromatic N) is 2. The number of thiazole rings is 1. The summed E-state index contributed by atoms with van der Waals surface area (Å²) in [7, 11) is 1.83. The molecule has 0 aromatic carbocycles. The van der Waals surface area contributed by atoms with Gasteiger partial charge in [-0.1, -0.05) is 11.6 Å². The van der Waals surface area contributed by atoms with Crippen LogP contribution in [-0.2, 0) is 6.42 Å². The molecule has 122 valence electrons. The highest BCUT2D eigenvalue weighted by atomic mass is 32.1. The molecule has 1 aliphatic carbocycles. The van der Waals surface area contributed by atoms with Gasteiger partial charge in [0.05, 0.1) is 5.01 Å². The SMILES string of the molecule is CN=C(NCCCc1nc(C)cs1)NCCC1=CCCCC1. The standard InChI is InChI=1S/C17H28N4S/c1-14-13-22-16(21-14)9-6-11-19-17(18-2)20-12-10-15-7-4-3-5-8-15/h7,13H,3-6,8-12H2,1-2H3,(H2,18,19,20). The number of rotatable bonds is 7. The first-order valence-electron chi connectivity index (χ1n) is 8.31. The predicted molar refractivity (Wildman–Crippen MR) is 95.7 cm³/mol. The molecule has 0 saturated carbocycles. The van der Waals surface area contributed by atoms with Crippen molar-refractivity contribution in [1.29, 1.82) is 0 Å². The van der Waals surface area contributed by atoms with Crippen LogP contribution in [0.2, 0.25) is 0 Å². The minimum absolute atomic E-state index is 0.909. The molecule has 22 heavy (non-hydrogen) atoms. The minimum Gasteiger partial charge on any atom is -0.356 e. The molecule has 0 atom stereocenters. The number of guanidine groups is 1.